The number of halogens is 1. The Balaban J connectivity index is 2.13. The molecule has 0 aliphatic carbocycles. The summed E-state index contributed by atoms with van der Waals surface area (Å²) in [5.74, 6) is -0.310. The molecule has 0 spiro atoms. The molecule has 2 aromatic rings. The number of rotatable bonds is 5. The highest BCUT2D eigenvalue weighted by atomic mass is 35.5. The predicted octanol–water partition coefficient (Wildman–Crippen LogP) is 2.97. The number of anilines is 1. The van der Waals surface area contributed by atoms with Crippen LogP contribution in [0.2, 0.25) is 5.02 Å². The molecule has 0 unspecified atom stereocenters. The van der Waals surface area contributed by atoms with Crippen molar-refractivity contribution in [1.82, 2.24) is 5.32 Å². The van der Waals surface area contributed by atoms with Crippen molar-refractivity contribution in [3.05, 3.63) is 64.2 Å². The summed E-state index contributed by atoms with van der Waals surface area (Å²) >= 11 is 6.14. The topological polar surface area (TPSA) is 66.5 Å². The van der Waals surface area contributed by atoms with E-state index in [4.69, 9.17) is 11.6 Å². The summed E-state index contributed by atoms with van der Waals surface area (Å²) < 4.78 is 24.2. The van der Waals surface area contributed by atoms with Gasteiger partial charge in [-0.05, 0) is 30.7 Å². The summed E-state index contributed by atoms with van der Waals surface area (Å²) in [4.78, 5) is 12.3. The lowest BCUT2D eigenvalue weighted by Crippen LogP contribution is -2.26. The molecule has 0 heterocycles. The zero-order valence-electron chi connectivity index (χ0n) is 13.7. The number of carbonyl (C=O) groups is 1. The number of carbonyl (C=O) groups excluding carboxylic acids is 1. The Morgan fingerprint density at radius 3 is 2.50 bits per heavy atom. The summed E-state index contributed by atoms with van der Waals surface area (Å²) in [6.45, 7) is 2.38. The average Bonchev–Trinajstić information content (AvgIpc) is 2.51. The highest BCUT2D eigenvalue weighted by Crippen LogP contribution is 2.24. The third-order valence-electron chi connectivity index (χ3n) is 3.59. The Labute approximate surface area is 147 Å². The van der Waals surface area contributed by atoms with E-state index >= 15 is 0 Å². The van der Waals surface area contributed by atoms with Gasteiger partial charge in [-0.2, -0.15) is 0 Å². The molecule has 1 amide bonds. The number of hydrogen-bond acceptors (Lipinski definition) is 3. The van der Waals surface area contributed by atoms with E-state index in [2.05, 4.69) is 5.32 Å². The fourth-order valence-corrected chi connectivity index (χ4v) is 2.93. The van der Waals surface area contributed by atoms with E-state index in [0.717, 1.165) is 21.7 Å². The summed E-state index contributed by atoms with van der Waals surface area (Å²) in [5.41, 5.74) is 2.81. The van der Waals surface area contributed by atoms with E-state index < -0.39 is 10.0 Å². The lowest BCUT2D eigenvalue weighted by molar-refractivity contribution is 0.0951. The van der Waals surface area contributed by atoms with Crippen molar-refractivity contribution in [3.8, 4) is 0 Å². The zero-order chi connectivity index (χ0) is 17.9. The van der Waals surface area contributed by atoms with Gasteiger partial charge in [0.25, 0.3) is 5.91 Å². The van der Waals surface area contributed by atoms with Crippen LogP contribution in [0.25, 0.3) is 0 Å². The van der Waals surface area contributed by atoms with Crippen LogP contribution in [-0.2, 0) is 16.6 Å². The Bertz CT molecular complexity index is 866. The van der Waals surface area contributed by atoms with Crippen molar-refractivity contribution in [2.45, 2.75) is 13.5 Å². The fourth-order valence-electron chi connectivity index (χ4n) is 2.18. The van der Waals surface area contributed by atoms with E-state index in [0.29, 0.717) is 17.8 Å². The monoisotopic (exact) mass is 366 g/mol. The molecule has 7 heteroatoms. The Morgan fingerprint density at radius 1 is 1.21 bits per heavy atom. The number of benzene rings is 2. The highest BCUT2D eigenvalue weighted by Gasteiger charge is 2.16. The summed E-state index contributed by atoms with van der Waals surface area (Å²) in [6, 6.07) is 12.4. The van der Waals surface area contributed by atoms with Crippen LogP contribution in [0.4, 0.5) is 5.69 Å². The molecule has 24 heavy (non-hydrogen) atoms. The third-order valence-corrected chi connectivity index (χ3v) is 5.11. The summed E-state index contributed by atoms with van der Waals surface area (Å²) in [7, 11) is -1.95. The maximum Gasteiger partial charge on any atom is 0.253 e. The Morgan fingerprint density at radius 2 is 1.92 bits per heavy atom. The maximum atomic E-state index is 12.3. The van der Waals surface area contributed by atoms with Gasteiger partial charge in [0.2, 0.25) is 10.0 Å². The number of nitrogens with one attached hydrogen (secondary N) is 1. The van der Waals surface area contributed by atoms with Gasteiger partial charge in [0.15, 0.2) is 0 Å². The molecule has 2 rings (SSSR count). The molecule has 0 aliphatic rings. The molecular weight excluding hydrogens is 348 g/mol. The number of sulfonamides is 1. The quantitative estimate of drug-likeness (QED) is 0.884. The number of aryl methyl sites for hydroxylation is 1. The van der Waals surface area contributed by atoms with E-state index in [1.807, 2.05) is 31.2 Å². The van der Waals surface area contributed by atoms with Gasteiger partial charge in [0.1, 0.15) is 0 Å². The van der Waals surface area contributed by atoms with E-state index in [1.165, 1.54) is 19.2 Å². The molecule has 5 nitrogen and oxygen atoms in total. The van der Waals surface area contributed by atoms with E-state index in [1.54, 1.807) is 6.07 Å². The van der Waals surface area contributed by atoms with Gasteiger partial charge < -0.3 is 5.32 Å². The van der Waals surface area contributed by atoms with Crippen molar-refractivity contribution in [1.29, 1.82) is 0 Å². The molecule has 0 aliphatic heterocycles. The van der Waals surface area contributed by atoms with Gasteiger partial charge in [-0.3, -0.25) is 9.10 Å². The van der Waals surface area contributed by atoms with Crippen molar-refractivity contribution in [3.63, 3.8) is 0 Å². The van der Waals surface area contributed by atoms with E-state index in [9.17, 15) is 13.2 Å². The second-order valence-electron chi connectivity index (χ2n) is 5.57. The first-order valence-electron chi connectivity index (χ1n) is 7.25. The average molecular weight is 367 g/mol. The minimum absolute atomic E-state index is 0.199. The summed E-state index contributed by atoms with van der Waals surface area (Å²) in [5, 5.41) is 3.01. The van der Waals surface area contributed by atoms with Crippen LogP contribution in [0.1, 0.15) is 21.5 Å². The number of amides is 1. The third kappa shape index (κ3) is 4.49. The SMILES string of the molecule is Cc1cccc(CNC(=O)c2ccc(N(C)S(C)(=O)=O)cc2Cl)c1. The first-order chi connectivity index (χ1) is 11.2. The second-order valence-corrected chi connectivity index (χ2v) is 7.99. The van der Waals surface area contributed by atoms with Crippen molar-refractivity contribution in [2.75, 3.05) is 17.6 Å². The van der Waals surface area contributed by atoms with Gasteiger partial charge in [0, 0.05) is 13.6 Å². The van der Waals surface area contributed by atoms with Gasteiger partial charge in [-0.25, -0.2) is 8.42 Å². The molecule has 128 valence electrons. The highest BCUT2D eigenvalue weighted by molar-refractivity contribution is 7.92. The predicted molar refractivity (Wildman–Crippen MR) is 97.0 cm³/mol. The van der Waals surface area contributed by atoms with Crippen LogP contribution < -0.4 is 9.62 Å². The standard InChI is InChI=1S/C17H19ClN2O3S/c1-12-5-4-6-13(9-12)11-19-17(21)15-8-7-14(10-16(15)18)20(2)24(3,22)23/h4-10H,11H2,1-3H3,(H,19,21). The van der Waals surface area contributed by atoms with Crippen LogP contribution in [0, 0.1) is 6.92 Å². The van der Waals surface area contributed by atoms with Gasteiger partial charge >= 0.3 is 0 Å². The largest absolute Gasteiger partial charge is 0.348 e. The Hall–Kier alpha value is -2.05. The van der Waals surface area contributed by atoms with Crippen LogP contribution in [0.5, 0.6) is 0 Å². The van der Waals surface area contributed by atoms with E-state index in [-0.39, 0.29) is 10.9 Å². The lowest BCUT2D eigenvalue weighted by atomic mass is 10.1. The zero-order valence-corrected chi connectivity index (χ0v) is 15.3. The molecule has 0 aromatic heterocycles. The van der Waals surface area contributed by atoms with Crippen LogP contribution in [0.15, 0.2) is 42.5 Å². The van der Waals surface area contributed by atoms with Crippen molar-refractivity contribution in [2.24, 2.45) is 0 Å². The van der Waals surface area contributed by atoms with Gasteiger partial charge in [-0.1, -0.05) is 41.4 Å². The normalized spacial score (nSPS) is 11.2. The molecule has 2 aromatic carbocycles. The van der Waals surface area contributed by atoms with Crippen LogP contribution in [0.3, 0.4) is 0 Å². The Kier molecular flexibility index (Phi) is 5.51. The second kappa shape index (κ2) is 7.23. The molecule has 0 fully saturated rings. The molecule has 0 atom stereocenters. The molecular formula is C17H19ClN2O3S. The molecule has 0 bridgehead atoms. The van der Waals surface area contributed by atoms with Gasteiger partial charge in [0.05, 0.1) is 22.5 Å². The minimum Gasteiger partial charge on any atom is -0.348 e. The molecule has 0 radical (unpaired) electrons. The van der Waals surface area contributed by atoms with Crippen LogP contribution in [-0.4, -0.2) is 27.6 Å². The maximum absolute atomic E-state index is 12.3. The molecule has 1 N–H and O–H groups in total. The first-order valence-corrected chi connectivity index (χ1v) is 9.48. The lowest BCUT2D eigenvalue weighted by Gasteiger charge is -2.17. The molecule has 0 saturated carbocycles. The molecule has 0 saturated heterocycles. The van der Waals surface area contributed by atoms with Crippen molar-refractivity contribution < 1.29 is 13.2 Å². The number of hydrogen-bond donors (Lipinski definition) is 1. The van der Waals surface area contributed by atoms with Gasteiger partial charge in [-0.15, -0.1) is 0 Å². The minimum atomic E-state index is -3.38. The smallest absolute Gasteiger partial charge is 0.253 e. The first kappa shape index (κ1) is 18.3. The fraction of sp³-hybridized carbons (Fsp3) is 0.235. The summed E-state index contributed by atoms with van der Waals surface area (Å²) in [6.07, 6.45) is 1.10. The van der Waals surface area contributed by atoms with Crippen LogP contribution >= 0.6 is 11.6 Å². The van der Waals surface area contributed by atoms with Crippen molar-refractivity contribution >= 4 is 33.2 Å². The number of nitrogens with zero attached hydrogens (tertiary/aromatic N) is 1.